The minimum Gasteiger partial charge on any atom is -0.339 e. The van der Waals surface area contributed by atoms with E-state index in [1.54, 1.807) is 11.5 Å². The molecule has 44 heavy (non-hydrogen) atoms. The third kappa shape index (κ3) is 4.91. The zero-order valence-corrected chi connectivity index (χ0v) is 25.3. The average Bonchev–Trinajstić information content (AvgIpc) is 3.82. The van der Waals surface area contributed by atoms with Crippen LogP contribution in [0.2, 0.25) is 0 Å². The van der Waals surface area contributed by atoms with Gasteiger partial charge in [0.2, 0.25) is 0 Å². The van der Waals surface area contributed by atoms with Gasteiger partial charge in [-0.3, -0.25) is 14.7 Å². The predicted octanol–water partition coefficient (Wildman–Crippen LogP) is 2.65. The SMILES string of the molecule is CC1(S(C)(=O)=O)CCCN1C(=O)C1OC(n2cnc3c(NC(=O)NC4CCCC4)ncnc32)C2OC(c3ccccc3)OC12. The molecule has 0 spiro atoms. The molecular weight excluding hydrogens is 590 g/mol. The Morgan fingerprint density at radius 2 is 1.75 bits per heavy atom. The minimum atomic E-state index is -3.60. The van der Waals surface area contributed by atoms with Gasteiger partial charge >= 0.3 is 6.03 Å². The monoisotopic (exact) mass is 625 g/mol. The van der Waals surface area contributed by atoms with Gasteiger partial charge in [-0.2, -0.15) is 0 Å². The van der Waals surface area contributed by atoms with E-state index in [9.17, 15) is 18.0 Å². The van der Waals surface area contributed by atoms with E-state index in [0.29, 0.717) is 24.0 Å². The largest absolute Gasteiger partial charge is 0.339 e. The second-order valence-corrected chi connectivity index (χ2v) is 14.5. The first-order valence-electron chi connectivity index (χ1n) is 14.9. The summed E-state index contributed by atoms with van der Waals surface area (Å²) < 4.78 is 46.3. The molecule has 0 radical (unpaired) electrons. The van der Waals surface area contributed by atoms with Crippen LogP contribution in [0.25, 0.3) is 11.2 Å². The number of imidazole rings is 1. The molecule has 2 N–H and O–H groups in total. The van der Waals surface area contributed by atoms with Crippen molar-refractivity contribution in [2.75, 3.05) is 18.1 Å². The lowest BCUT2D eigenvalue weighted by atomic mass is 10.1. The number of amides is 3. The molecule has 3 aliphatic heterocycles. The predicted molar refractivity (Wildman–Crippen MR) is 157 cm³/mol. The number of nitrogens with zero attached hydrogens (tertiary/aromatic N) is 5. The van der Waals surface area contributed by atoms with Crippen LogP contribution in [0.3, 0.4) is 0 Å². The van der Waals surface area contributed by atoms with Gasteiger partial charge in [0.15, 0.2) is 45.4 Å². The second kappa shape index (κ2) is 11.1. The lowest BCUT2D eigenvalue weighted by Gasteiger charge is -2.35. The first kappa shape index (κ1) is 29.1. The Bertz CT molecular complexity index is 1680. The topological polar surface area (TPSA) is 167 Å². The quantitative estimate of drug-likeness (QED) is 0.416. The summed E-state index contributed by atoms with van der Waals surface area (Å²) in [5.74, 6) is -0.242. The minimum absolute atomic E-state index is 0.125. The van der Waals surface area contributed by atoms with E-state index in [4.69, 9.17) is 14.2 Å². The molecule has 2 aromatic heterocycles. The summed E-state index contributed by atoms with van der Waals surface area (Å²) in [6.45, 7) is 1.86. The van der Waals surface area contributed by atoms with Crippen molar-refractivity contribution in [2.24, 2.45) is 0 Å². The molecule has 234 valence electrons. The van der Waals surface area contributed by atoms with Gasteiger partial charge < -0.3 is 24.4 Å². The van der Waals surface area contributed by atoms with E-state index in [-0.39, 0.29) is 24.4 Å². The normalized spacial score (nSPS) is 30.6. The molecule has 3 saturated heterocycles. The van der Waals surface area contributed by atoms with Crippen molar-refractivity contribution in [1.29, 1.82) is 0 Å². The summed E-state index contributed by atoms with van der Waals surface area (Å²) in [7, 11) is -3.60. The number of likely N-dealkylation sites (tertiary alicyclic amines) is 1. The lowest BCUT2D eigenvalue weighted by Crippen LogP contribution is -2.55. The Balaban J connectivity index is 1.20. The molecule has 4 fully saturated rings. The summed E-state index contributed by atoms with van der Waals surface area (Å²) in [5.41, 5.74) is 1.47. The molecule has 6 atom stereocenters. The molecular formula is C29H35N7O7S. The molecule has 5 heterocycles. The van der Waals surface area contributed by atoms with E-state index >= 15 is 0 Å². The average molecular weight is 626 g/mol. The van der Waals surface area contributed by atoms with Crippen molar-refractivity contribution >= 4 is 38.8 Å². The number of urea groups is 1. The molecule has 0 bridgehead atoms. The van der Waals surface area contributed by atoms with Crippen LogP contribution < -0.4 is 10.6 Å². The number of carbonyl (C=O) groups excluding carboxylic acids is 2. The fourth-order valence-electron chi connectivity index (χ4n) is 6.79. The van der Waals surface area contributed by atoms with Crippen molar-refractivity contribution in [2.45, 2.75) is 87.2 Å². The molecule has 3 aromatic rings. The van der Waals surface area contributed by atoms with Crippen LogP contribution >= 0.6 is 0 Å². The maximum absolute atomic E-state index is 14.1. The van der Waals surface area contributed by atoms with Gasteiger partial charge in [0.25, 0.3) is 5.91 Å². The Morgan fingerprint density at radius 3 is 2.50 bits per heavy atom. The zero-order chi connectivity index (χ0) is 30.6. The van der Waals surface area contributed by atoms with Gasteiger partial charge in [0.1, 0.15) is 23.4 Å². The second-order valence-electron chi connectivity index (χ2n) is 12.1. The van der Waals surface area contributed by atoms with Crippen LogP contribution in [0, 0.1) is 0 Å². The molecule has 1 aromatic carbocycles. The first-order valence-corrected chi connectivity index (χ1v) is 16.8. The van der Waals surface area contributed by atoms with Gasteiger partial charge in [-0.15, -0.1) is 0 Å². The van der Waals surface area contributed by atoms with E-state index < -0.39 is 51.4 Å². The Morgan fingerprint density at radius 1 is 1.00 bits per heavy atom. The Hall–Kier alpha value is -3.66. The number of benzene rings is 1. The van der Waals surface area contributed by atoms with Crippen molar-refractivity contribution in [3.63, 3.8) is 0 Å². The number of sulfone groups is 1. The number of aromatic nitrogens is 4. The number of rotatable bonds is 6. The molecule has 1 aliphatic carbocycles. The summed E-state index contributed by atoms with van der Waals surface area (Å²) in [6.07, 6.45) is 4.51. The van der Waals surface area contributed by atoms with E-state index in [0.717, 1.165) is 37.5 Å². The third-order valence-corrected chi connectivity index (χ3v) is 11.3. The van der Waals surface area contributed by atoms with Crippen LogP contribution in [0.1, 0.15) is 63.5 Å². The fraction of sp³-hybridized carbons (Fsp3) is 0.552. The zero-order valence-electron chi connectivity index (χ0n) is 24.5. The number of fused-ring (bicyclic) bond motifs is 2. The molecule has 6 unspecified atom stereocenters. The highest BCUT2D eigenvalue weighted by atomic mass is 32.2. The van der Waals surface area contributed by atoms with Crippen LogP contribution in [0.15, 0.2) is 43.0 Å². The third-order valence-electron chi connectivity index (χ3n) is 9.28. The molecule has 15 heteroatoms. The summed E-state index contributed by atoms with van der Waals surface area (Å²) in [5, 5.41) is 5.76. The highest BCUT2D eigenvalue weighted by Crippen LogP contribution is 2.46. The molecule has 4 aliphatic rings. The van der Waals surface area contributed by atoms with Gasteiger partial charge in [-0.05, 0) is 32.6 Å². The summed E-state index contributed by atoms with van der Waals surface area (Å²) in [4.78, 5) is 40.0. The highest BCUT2D eigenvalue weighted by molar-refractivity contribution is 7.92. The number of ether oxygens (including phenoxy) is 3. The van der Waals surface area contributed by atoms with Crippen molar-refractivity contribution < 1.29 is 32.2 Å². The Labute approximate surface area is 254 Å². The maximum Gasteiger partial charge on any atom is 0.320 e. The van der Waals surface area contributed by atoms with Crippen molar-refractivity contribution in [3.05, 3.63) is 48.5 Å². The van der Waals surface area contributed by atoms with Gasteiger partial charge in [-0.1, -0.05) is 43.2 Å². The van der Waals surface area contributed by atoms with E-state index in [1.165, 1.54) is 17.6 Å². The van der Waals surface area contributed by atoms with E-state index in [2.05, 4.69) is 25.6 Å². The van der Waals surface area contributed by atoms with Crippen LogP contribution in [-0.4, -0.2) is 86.8 Å². The molecule has 3 amide bonds. The van der Waals surface area contributed by atoms with Crippen LogP contribution in [-0.2, 0) is 28.8 Å². The first-order chi connectivity index (χ1) is 21.1. The summed E-state index contributed by atoms with van der Waals surface area (Å²) in [6, 6.07) is 9.11. The molecule has 7 rings (SSSR count). The van der Waals surface area contributed by atoms with Crippen molar-refractivity contribution in [1.82, 2.24) is 29.7 Å². The molecule has 1 saturated carbocycles. The van der Waals surface area contributed by atoms with Crippen LogP contribution in [0.5, 0.6) is 0 Å². The lowest BCUT2D eigenvalue weighted by molar-refractivity contribution is -0.169. The number of carbonyl (C=O) groups is 2. The Kier molecular flexibility index (Phi) is 7.30. The fourth-order valence-corrected chi connectivity index (χ4v) is 7.89. The number of nitrogens with one attached hydrogen (secondary N) is 2. The van der Waals surface area contributed by atoms with Crippen LogP contribution in [0.4, 0.5) is 10.6 Å². The van der Waals surface area contributed by atoms with Gasteiger partial charge in [0, 0.05) is 24.4 Å². The number of hydrogen-bond acceptors (Lipinski definition) is 10. The smallest absolute Gasteiger partial charge is 0.320 e. The number of hydrogen-bond donors (Lipinski definition) is 2. The molecule has 14 nitrogen and oxygen atoms in total. The highest BCUT2D eigenvalue weighted by Gasteiger charge is 2.59. The van der Waals surface area contributed by atoms with Gasteiger partial charge in [0.05, 0.1) is 6.33 Å². The van der Waals surface area contributed by atoms with Crippen molar-refractivity contribution in [3.8, 4) is 0 Å². The van der Waals surface area contributed by atoms with E-state index in [1.807, 2.05) is 30.3 Å². The number of anilines is 1. The maximum atomic E-state index is 14.1. The standard InChI is InChI=1S/C29H35N7O7S/c1-29(44(2,39)40)13-8-14-36(29)25(37)21-20-22(43-27(42-20)17-9-4-3-5-10-17)26(41-21)35-16-32-19-23(30-15-31-24(19)35)34-28(38)33-18-11-6-7-12-18/h3-5,9-10,15-16,18,20-22,26-27H,6-8,11-14H2,1-2H3,(H2,30,31,33,34,38). The van der Waals surface area contributed by atoms with Gasteiger partial charge in [-0.25, -0.2) is 28.2 Å². The summed E-state index contributed by atoms with van der Waals surface area (Å²) >= 11 is 0.